The van der Waals surface area contributed by atoms with Gasteiger partial charge in [-0.05, 0) is 32.0 Å². The Morgan fingerprint density at radius 2 is 2.11 bits per heavy atom. The van der Waals surface area contributed by atoms with Gasteiger partial charge >= 0.3 is 0 Å². The van der Waals surface area contributed by atoms with Crippen molar-refractivity contribution < 1.29 is 9.47 Å². The van der Waals surface area contributed by atoms with Crippen LogP contribution < -0.4 is 4.74 Å². The molecule has 0 fully saturated rings. The lowest BCUT2D eigenvalue weighted by Gasteiger charge is -2.09. The van der Waals surface area contributed by atoms with E-state index in [2.05, 4.69) is 11.8 Å². The van der Waals surface area contributed by atoms with E-state index < -0.39 is 0 Å². The average molecular weight is 267 g/mol. The highest BCUT2D eigenvalue weighted by molar-refractivity contribution is 6.18. The summed E-state index contributed by atoms with van der Waals surface area (Å²) >= 11 is 5.57. The average Bonchev–Trinajstić information content (AvgIpc) is 2.35. The molecular weight excluding hydrogens is 248 g/mol. The van der Waals surface area contributed by atoms with Gasteiger partial charge in [-0.25, -0.2) is 0 Å². The summed E-state index contributed by atoms with van der Waals surface area (Å²) < 4.78 is 11.0. The minimum atomic E-state index is 0.237. The molecule has 0 bridgehead atoms. The van der Waals surface area contributed by atoms with Crippen LogP contribution >= 0.6 is 11.6 Å². The molecule has 0 aromatic heterocycles. The molecule has 1 rings (SSSR count). The van der Waals surface area contributed by atoms with Gasteiger partial charge in [0.2, 0.25) is 0 Å². The van der Waals surface area contributed by atoms with Gasteiger partial charge in [-0.1, -0.05) is 17.9 Å². The van der Waals surface area contributed by atoms with Crippen LogP contribution in [0.5, 0.6) is 5.75 Å². The predicted octanol–water partition coefficient (Wildman–Crippen LogP) is 3.47. The molecule has 0 unspecified atom stereocenters. The van der Waals surface area contributed by atoms with E-state index in [4.69, 9.17) is 21.1 Å². The van der Waals surface area contributed by atoms with E-state index in [1.807, 2.05) is 38.1 Å². The zero-order valence-electron chi connectivity index (χ0n) is 10.9. The lowest BCUT2D eigenvalue weighted by atomic mass is 10.2. The Hall–Kier alpha value is -1.17. The minimum absolute atomic E-state index is 0.237. The predicted molar refractivity (Wildman–Crippen MR) is 75.2 cm³/mol. The van der Waals surface area contributed by atoms with Gasteiger partial charge in [0.25, 0.3) is 0 Å². The van der Waals surface area contributed by atoms with Crippen molar-refractivity contribution in [3.05, 3.63) is 29.8 Å². The van der Waals surface area contributed by atoms with Gasteiger partial charge in [0.15, 0.2) is 0 Å². The van der Waals surface area contributed by atoms with Crippen molar-refractivity contribution >= 4 is 11.6 Å². The van der Waals surface area contributed by atoms with E-state index in [0.29, 0.717) is 25.5 Å². The molecule has 0 spiro atoms. The fourth-order valence-corrected chi connectivity index (χ4v) is 1.41. The molecule has 0 N–H and O–H groups in total. The number of ether oxygens (including phenoxy) is 2. The fraction of sp³-hybridized carbons (Fsp3) is 0.467. The molecule has 1 aromatic rings. The number of hydrogen-bond donors (Lipinski definition) is 0. The molecule has 2 nitrogen and oxygen atoms in total. The Balaban J connectivity index is 2.42. The third-order valence-electron chi connectivity index (χ3n) is 2.09. The highest BCUT2D eigenvalue weighted by atomic mass is 35.5. The van der Waals surface area contributed by atoms with E-state index in [1.54, 1.807) is 0 Å². The Kier molecular flexibility index (Phi) is 7.32. The zero-order chi connectivity index (χ0) is 13.2. The highest BCUT2D eigenvalue weighted by Gasteiger charge is 1.96. The lowest BCUT2D eigenvalue weighted by Crippen LogP contribution is -2.11. The van der Waals surface area contributed by atoms with Crippen molar-refractivity contribution in [3.63, 3.8) is 0 Å². The van der Waals surface area contributed by atoms with Gasteiger partial charge in [0.05, 0.1) is 12.7 Å². The summed E-state index contributed by atoms with van der Waals surface area (Å²) in [4.78, 5) is 0. The van der Waals surface area contributed by atoms with E-state index in [9.17, 15) is 0 Å². The van der Waals surface area contributed by atoms with E-state index >= 15 is 0 Å². The van der Waals surface area contributed by atoms with Crippen LogP contribution in [0.1, 0.15) is 25.8 Å². The molecule has 0 amide bonds. The maximum absolute atomic E-state index is 5.58. The molecule has 0 aliphatic heterocycles. The minimum Gasteiger partial charge on any atom is -0.491 e. The summed E-state index contributed by atoms with van der Waals surface area (Å²) in [7, 11) is 0. The third kappa shape index (κ3) is 6.54. The van der Waals surface area contributed by atoms with Gasteiger partial charge in [-0.15, -0.1) is 11.6 Å². The Morgan fingerprint density at radius 1 is 1.28 bits per heavy atom. The Labute approximate surface area is 114 Å². The Bertz CT molecular complexity index is 404. The molecule has 98 valence electrons. The summed E-state index contributed by atoms with van der Waals surface area (Å²) in [5.74, 6) is 7.43. The first kappa shape index (κ1) is 14.9. The maximum Gasteiger partial charge on any atom is 0.120 e. The van der Waals surface area contributed by atoms with Gasteiger partial charge in [-0.2, -0.15) is 0 Å². The molecule has 0 atom stereocenters. The molecular formula is C15H19ClO2. The second-order valence-corrected chi connectivity index (χ2v) is 4.41. The van der Waals surface area contributed by atoms with Crippen molar-refractivity contribution in [1.82, 2.24) is 0 Å². The molecule has 0 aliphatic rings. The SMILES string of the molecule is CC(C)OCCOc1cccc(C#CCCCl)c1. The third-order valence-corrected chi connectivity index (χ3v) is 2.28. The van der Waals surface area contributed by atoms with Crippen molar-refractivity contribution in [2.45, 2.75) is 26.4 Å². The van der Waals surface area contributed by atoms with Gasteiger partial charge in [0.1, 0.15) is 12.4 Å². The van der Waals surface area contributed by atoms with E-state index in [-0.39, 0.29) is 6.10 Å². The highest BCUT2D eigenvalue weighted by Crippen LogP contribution is 2.12. The number of alkyl halides is 1. The first-order valence-electron chi connectivity index (χ1n) is 6.11. The molecule has 3 heteroatoms. The fourth-order valence-electron chi connectivity index (χ4n) is 1.32. The second-order valence-electron chi connectivity index (χ2n) is 4.04. The van der Waals surface area contributed by atoms with Crippen LogP contribution in [0.15, 0.2) is 24.3 Å². The quantitative estimate of drug-likeness (QED) is 0.446. The molecule has 0 saturated heterocycles. The van der Waals surface area contributed by atoms with Crippen molar-refractivity contribution in [1.29, 1.82) is 0 Å². The summed E-state index contributed by atoms with van der Waals surface area (Å²) in [6.07, 6.45) is 0.941. The summed E-state index contributed by atoms with van der Waals surface area (Å²) in [5, 5.41) is 0. The normalized spacial score (nSPS) is 10.0. The lowest BCUT2D eigenvalue weighted by molar-refractivity contribution is 0.0552. The summed E-state index contributed by atoms with van der Waals surface area (Å²) in [6.45, 7) is 5.16. The number of benzene rings is 1. The largest absolute Gasteiger partial charge is 0.491 e. The monoisotopic (exact) mass is 266 g/mol. The van der Waals surface area contributed by atoms with Crippen molar-refractivity contribution in [3.8, 4) is 17.6 Å². The summed E-state index contributed by atoms with van der Waals surface area (Å²) in [6, 6.07) is 7.74. The number of rotatable bonds is 6. The van der Waals surface area contributed by atoms with Crippen molar-refractivity contribution in [2.75, 3.05) is 19.1 Å². The van der Waals surface area contributed by atoms with E-state index in [0.717, 1.165) is 11.3 Å². The van der Waals surface area contributed by atoms with Gasteiger partial charge in [0, 0.05) is 17.9 Å². The molecule has 1 aromatic carbocycles. The van der Waals surface area contributed by atoms with Crippen molar-refractivity contribution in [2.24, 2.45) is 0 Å². The number of hydrogen-bond acceptors (Lipinski definition) is 2. The molecule has 0 saturated carbocycles. The van der Waals surface area contributed by atoms with Gasteiger partial charge in [-0.3, -0.25) is 0 Å². The van der Waals surface area contributed by atoms with Crippen LogP contribution in [0.3, 0.4) is 0 Å². The van der Waals surface area contributed by atoms with Crippen LogP contribution in [0.2, 0.25) is 0 Å². The standard InChI is InChI=1S/C15H19ClO2/c1-13(2)17-10-11-18-15-8-5-7-14(12-15)6-3-4-9-16/h5,7-8,12-13H,4,9-11H2,1-2H3. The first-order valence-corrected chi connectivity index (χ1v) is 6.65. The first-order chi connectivity index (χ1) is 8.72. The molecule has 0 aliphatic carbocycles. The topological polar surface area (TPSA) is 18.5 Å². The summed E-state index contributed by atoms with van der Waals surface area (Å²) in [5.41, 5.74) is 0.947. The maximum atomic E-state index is 5.58. The molecule has 0 heterocycles. The van der Waals surface area contributed by atoms with Crippen LogP contribution in [-0.2, 0) is 4.74 Å². The van der Waals surface area contributed by atoms with Crippen LogP contribution in [0.25, 0.3) is 0 Å². The second kappa shape index (κ2) is 8.85. The Morgan fingerprint density at radius 3 is 2.83 bits per heavy atom. The van der Waals surface area contributed by atoms with E-state index in [1.165, 1.54) is 0 Å². The molecule has 18 heavy (non-hydrogen) atoms. The smallest absolute Gasteiger partial charge is 0.120 e. The van der Waals surface area contributed by atoms with Gasteiger partial charge < -0.3 is 9.47 Å². The van der Waals surface area contributed by atoms with Crippen LogP contribution in [0.4, 0.5) is 0 Å². The zero-order valence-corrected chi connectivity index (χ0v) is 11.7. The van der Waals surface area contributed by atoms with Crippen LogP contribution in [-0.4, -0.2) is 25.2 Å². The number of halogens is 1. The molecule has 0 radical (unpaired) electrons. The van der Waals surface area contributed by atoms with Crippen LogP contribution in [0, 0.1) is 11.8 Å².